The number of nitriles is 1. The van der Waals surface area contributed by atoms with Crippen LogP contribution in [0.25, 0.3) is 0 Å². The van der Waals surface area contributed by atoms with Crippen LogP contribution in [0.15, 0.2) is 23.2 Å². The summed E-state index contributed by atoms with van der Waals surface area (Å²) in [6, 6.07) is 6.59. The number of aliphatic imine (C=N–C) groups is 1. The van der Waals surface area contributed by atoms with Crippen molar-refractivity contribution >= 4 is 38.4 Å². The lowest BCUT2D eigenvalue weighted by atomic mass is 10.2. The number of ether oxygens (including phenoxy) is 2. The summed E-state index contributed by atoms with van der Waals surface area (Å²) in [6.45, 7) is 0. The highest BCUT2D eigenvalue weighted by molar-refractivity contribution is 8.16. The highest BCUT2D eigenvalue weighted by atomic mass is 32.2. The average Bonchev–Trinajstić information content (AvgIpc) is 3.05. The van der Waals surface area contributed by atoms with Crippen molar-refractivity contribution in [1.82, 2.24) is 0 Å². The van der Waals surface area contributed by atoms with E-state index >= 15 is 0 Å². The number of anilines is 1. The lowest BCUT2D eigenvalue weighted by molar-refractivity contribution is -0.116. The highest BCUT2D eigenvalue weighted by Gasteiger charge is 2.50. The molecule has 26 heavy (non-hydrogen) atoms. The van der Waals surface area contributed by atoms with Gasteiger partial charge in [-0.2, -0.15) is 10.3 Å². The standard InChI is InChI=1S/C16H17N3O5S2/c1-23-10-3-4-11(13(7-10)24-2)19-12-8-26(21,22)9-14(12)25-16(19)18-15(20)5-6-17/h3-4,7,12,14H,5,8-9H2,1-2H3/t12-,14+/m1/s1. The minimum atomic E-state index is -3.16. The summed E-state index contributed by atoms with van der Waals surface area (Å²) in [5, 5.41) is 8.86. The van der Waals surface area contributed by atoms with Gasteiger partial charge in [0.2, 0.25) is 0 Å². The van der Waals surface area contributed by atoms with Crippen molar-refractivity contribution in [2.45, 2.75) is 17.7 Å². The summed E-state index contributed by atoms with van der Waals surface area (Å²) >= 11 is 1.25. The van der Waals surface area contributed by atoms with Crippen molar-refractivity contribution in [2.75, 3.05) is 30.6 Å². The summed E-state index contributed by atoms with van der Waals surface area (Å²) in [5.41, 5.74) is 0.605. The fraction of sp³-hybridized carbons (Fsp3) is 0.438. The maximum absolute atomic E-state index is 12.1. The van der Waals surface area contributed by atoms with Crippen molar-refractivity contribution < 1.29 is 22.7 Å². The van der Waals surface area contributed by atoms with Crippen LogP contribution >= 0.6 is 11.8 Å². The van der Waals surface area contributed by atoms with Gasteiger partial charge in [0.15, 0.2) is 15.0 Å². The van der Waals surface area contributed by atoms with E-state index in [-0.39, 0.29) is 29.2 Å². The van der Waals surface area contributed by atoms with Gasteiger partial charge in [0.25, 0.3) is 5.91 Å². The van der Waals surface area contributed by atoms with E-state index in [1.54, 1.807) is 29.2 Å². The third kappa shape index (κ3) is 3.50. The number of fused-ring (bicyclic) bond motifs is 1. The molecular weight excluding hydrogens is 378 g/mol. The maximum atomic E-state index is 12.1. The second-order valence-electron chi connectivity index (χ2n) is 5.83. The van der Waals surface area contributed by atoms with Gasteiger partial charge in [-0.3, -0.25) is 4.79 Å². The maximum Gasteiger partial charge on any atom is 0.262 e. The van der Waals surface area contributed by atoms with Crippen LogP contribution in [0.5, 0.6) is 11.5 Å². The Morgan fingerprint density at radius 2 is 2.15 bits per heavy atom. The van der Waals surface area contributed by atoms with Gasteiger partial charge in [0, 0.05) is 11.3 Å². The number of rotatable bonds is 4. The van der Waals surface area contributed by atoms with Crippen LogP contribution in [0.1, 0.15) is 6.42 Å². The third-order valence-electron chi connectivity index (χ3n) is 4.16. The Morgan fingerprint density at radius 1 is 1.38 bits per heavy atom. The first-order chi connectivity index (χ1) is 12.4. The molecule has 138 valence electrons. The zero-order valence-electron chi connectivity index (χ0n) is 14.2. The van der Waals surface area contributed by atoms with Crippen molar-refractivity contribution in [1.29, 1.82) is 5.26 Å². The van der Waals surface area contributed by atoms with Gasteiger partial charge in [-0.15, -0.1) is 0 Å². The van der Waals surface area contributed by atoms with Crippen LogP contribution in [0, 0.1) is 11.3 Å². The molecule has 1 amide bonds. The first-order valence-corrected chi connectivity index (χ1v) is 10.5. The number of benzene rings is 1. The predicted molar refractivity (Wildman–Crippen MR) is 98.5 cm³/mol. The van der Waals surface area contributed by atoms with E-state index in [2.05, 4.69) is 4.99 Å². The van der Waals surface area contributed by atoms with E-state index in [1.807, 2.05) is 0 Å². The number of methoxy groups -OCH3 is 2. The van der Waals surface area contributed by atoms with Crippen molar-refractivity contribution in [3.8, 4) is 17.6 Å². The van der Waals surface area contributed by atoms with E-state index in [1.165, 1.54) is 26.0 Å². The summed E-state index contributed by atoms with van der Waals surface area (Å²) in [7, 11) is -0.124. The van der Waals surface area contributed by atoms with E-state index in [0.29, 0.717) is 22.4 Å². The SMILES string of the molecule is COc1ccc(N2C(=NC(=O)CC#N)S[C@H]3CS(=O)(=O)C[C@H]32)c(OC)c1. The van der Waals surface area contributed by atoms with Gasteiger partial charge in [0.05, 0.1) is 43.5 Å². The fourth-order valence-electron chi connectivity index (χ4n) is 3.04. The molecule has 2 fully saturated rings. The molecule has 0 bridgehead atoms. The summed E-state index contributed by atoms with van der Waals surface area (Å²) in [5.74, 6) is 0.520. The van der Waals surface area contributed by atoms with Crippen LogP contribution in [0.2, 0.25) is 0 Å². The van der Waals surface area contributed by atoms with Crippen molar-refractivity contribution in [3.63, 3.8) is 0 Å². The number of amidine groups is 1. The Balaban J connectivity index is 2.07. The Bertz CT molecular complexity index is 907. The van der Waals surface area contributed by atoms with E-state index in [4.69, 9.17) is 14.7 Å². The van der Waals surface area contributed by atoms with Crippen LogP contribution < -0.4 is 14.4 Å². The normalized spacial score (nSPS) is 25.0. The van der Waals surface area contributed by atoms with Crippen molar-refractivity contribution in [3.05, 3.63) is 18.2 Å². The summed E-state index contributed by atoms with van der Waals surface area (Å²) < 4.78 is 34.8. The van der Waals surface area contributed by atoms with Gasteiger partial charge >= 0.3 is 0 Å². The first kappa shape index (κ1) is 18.5. The lowest BCUT2D eigenvalue weighted by Crippen LogP contribution is -2.38. The Labute approximate surface area is 155 Å². The van der Waals surface area contributed by atoms with Gasteiger partial charge in [-0.25, -0.2) is 8.42 Å². The zero-order chi connectivity index (χ0) is 18.9. The van der Waals surface area contributed by atoms with Crippen LogP contribution in [-0.2, 0) is 14.6 Å². The number of carbonyl (C=O) groups is 1. The highest BCUT2D eigenvalue weighted by Crippen LogP contribution is 2.44. The van der Waals surface area contributed by atoms with Gasteiger partial charge in [-0.05, 0) is 12.1 Å². The molecule has 0 spiro atoms. The Hall–Kier alpha value is -2.25. The first-order valence-electron chi connectivity index (χ1n) is 7.75. The molecule has 0 saturated carbocycles. The Kier molecular flexibility index (Phi) is 5.11. The molecule has 2 saturated heterocycles. The minimum Gasteiger partial charge on any atom is -0.497 e. The van der Waals surface area contributed by atoms with Crippen LogP contribution in [0.4, 0.5) is 5.69 Å². The van der Waals surface area contributed by atoms with Crippen molar-refractivity contribution in [2.24, 2.45) is 4.99 Å². The smallest absolute Gasteiger partial charge is 0.262 e. The molecule has 0 aliphatic carbocycles. The molecule has 0 N–H and O–H groups in total. The summed E-state index contributed by atoms with van der Waals surface area (Å²) in [6.07, 6.45) is -0.328. The molecule has 3 rings (SSSR count). The largest absolute Gasteiger partial charge is 0.497 e. The monoisotopic (exact) mass is 395 g/mol. The van der Waals surface area contributed by atoms with Crippen LogP contribution in [-0.4, -0.2) is 56.5 Å². The molecule has 1 aromatic carbocycles. The topological polar surface area (TPSA) is 109 Å². The number of amides is 1. The van der Waals surface area contributed by atoms with Gasteiger partial charge < -0.3 is 14.4 Å². The second-order valence-corrected chi connectivity index (χ2v) is 9.19. The zero-order valence-corrected chi connectivity index (χ0v) is 15.8. The molecule has 0 unspecified atom stereocenters. The average molecular weight is 395 g/mol. The summed E-state index contributed by atoms with van der Waals surface area (Å²) in [4.78, 5) is 17.6. The molecule has 0 radical (unpaired) electrons. The number of hydrogen-bond donors (Lipinski definition) is 0. The van der Waals surface area contributed by atoms with E-state index < -0.39 is 15.7 Å². The number of thioether (sulfide) groups is 1. The molecule has 2 heterocycles. The molecule has 10 heteroatoms. The van der Waals surface area contributed by atoms with E-state index in [0.717, 1.165) is 0 Å². The number of carbonyl (C=O) groups excluding carboxylic acids is 1. The Morgan fingerprint density at radius 3 is 2.81 bits per heavy atom. The van der Waals surface area contributed by atoms with E-state index in [9.17, 15) is 13.2 Å². The van der Waals surface area contributed by atoms with Gasteiger partial charge in [0.1, 0.15) is 17.9 Å². The third-order valence-corrected chi connectivity index (χ3v) is 7.37. The molecular formula is C16H17N3O5S2. The molecule has 2 aliphatic heterocycles. The number of hydrogen-bond acceptors (Lipinski definition) is 7. The molecule has 8 nitrogen and oxygen atoms in total. The molecule has 2 atom stereocenters. The molecule has 0 aromatic heterocycles. The number of nitrogens with zero attached hydrogens (tertiary/aromatic N) is 3. The van der Waals surface area contributed by atoms with Crippen LogP contribution in [0.3, 0.4) is 0 Å². The lowest BCUT2D eigenvalue weighted by Gasteiger charge is -2.26. The quantitative estimate of drug-likeness (QED) is 0.749. The number of sulfone groups is 1. The fourth-order valence-corrected chi connectivity index (χ4v) is 6.97. The molecule has 1 aromatic rings. The molecule has 2 aliphatic rings. The second kappa shape index (κ2) is 7.17. The van der Waals surface area contributed by atoms with Gasteiger partial charge in [-0.1, -0.05) is 11.8 Å². The predicted octanol–water partition coefficient (Wildman–Crippen LogP) is 1.22. The minimum absolute atomic E-state index is 0.0225.